The molecule has 2 aliphatic heterocycles. The van der Waals surface area contributed by atoms with Crippen molar-refractivity contribution in [2.24, 2.45) is 5.92 Å². The fourth-order valence-corrected chi connectivity index (χ4v) is 12.4. The molecule has 0 radical (unpaired) electrons. The van der Waals surface area contributed by atoms with Crippen molar-refractivity contribution in [1.82, 2.24) is 0 Å². The third-order valence-corrected chi connectivity index (χ3v) is 13.5. The van der Waals surface area contributed by atoms with Gasteiger partial charge < -0.3 is 9.47 Å². The Morgan fingerprint density at radius 1 is 0.778 bits per heavy atom. The summed E-state index contributed by atoms with van der Waals surface area (Å²) in [6.45, 7) is 2.31. The Balaban J connectivity index is 1.54. The van der Waals surface area contributed by atoms with Crippen molar-refractivity contribution in [1.29, 1.82) is 0 Å². The molecule has 2 heterocycles. The minimum atomic E-state index is -2.64. The average Bonchev–Trinajstić information content (AvgIpc) is 2.93. The van der Waals surface area contributed by atoms with Crippen LogP contribution in [-0.4, -0.2) is 8.07 Å². The smallest absolute Gasteiger partial charge is 0.192 e. The molecular weight excluding hydrogens is 456 g/mol. The van der Waals surface area contributed by atoms with Crippen molar-refractivity contribution in [2.75, 3.05) is 0 Å². The van der Waals surface area contributed by atoms with E-state index in [2.05, 4.69) is 104 Å². The van der Waals surface area contributed by atoms with E-state index >= 15 is 0 Å². The van der Waals surface area contributed by atoms with E-state index in [1.54, 1.807) is 5.57 Å². The predicted molar refractivity (Wildman–Crippen MR) is 148 cm³/mol. The van der Waals surface area contributed by atoms with Crippen molar-refractivity contribution in [3.8, 4) is 17.2 Å². The zero-order valence-corrected chi connectivity index (χ0v) is 21.3. The number of benzene rings is 4. The van der Waals surface area contributed by atoms with Gasteiger partial charge in [0.2, 0.25) is 0 Å². The van der Waals surface area contributed by atoms with E-state index in [4.69, 9.17) is 9.47 Å². The summed E-state index contributed by atoms with van der Waals surface area (Å²) in [5, 5.41) is 7.92. The van der Waals surface area contributed by atoms with Gasteiger partial charge in [-0.3, -0.25) is 0 Å². The average molecular weight is 483 g/mol. The molecule has 2 atom stereocenters. The van der Waals surface area contributed by atoms with Gasteiger partial charge >= 0.3 is 0 Å². The molecule has 0 aromatic heterocycles. The fourth-order valence-electron chi connectivity index (χ4n) is 6.97. The van der Waals surface area contributed by atoms with Crippen LogP contribution >= 0.6 is 0 Å². The number of allylic oxidation sites excluding steroid dienone is 4. The van der Waals surface area contributed by atoms with Gasteiger partial charge in [0.15, 0.2) is 8.07 Å². The van der Waals surface area contributed by atoms with Crippen molar-refractivity contribution < 1.29 is 9.47 Å². The molecule has 0 amide bonds. The number of hydrogen-bond donors (Lipinski definition) is 0. The molecule has 174 valence electrons. The second kappa shape index (κ2) is 7.34. The molecule has 0 bridgehead atoms. The van der Waals surface area contributed by atoms with Crippen LogP contribution in [0.2, 0.25) is 0 Å². The highest BCUT2D eigenvalue weighted by molar-refractivity contribution is 7.17. The van der Waals surface area contributed by atoms with E-state index in [0.29, 0.717) is 5.92 Å². The third-order valence-electron chi connectivity index (χ3n) is 8.47. The van der Waals surface area contributed by atoms with Gasteiger partial charge in [0, 0.05) is 16.1 Å². The quantitative estimate of drug-likeness (QED) is 0.297. The Morgan fingerprint density at radius 2 is 1.58 bits per heavy atom. The highest BCUT2D eigenvalue weighted by atomic mass is 28.3. The first-order valence-electron chi connectivity index (χ1n) is 13.0. The third kappa shape index (κ3) is 2.56. The Labute approximate surface area is 212 Å². The lowest BCUT2D eigenvalue weighted by Gasteiger charge is -2.47. The van der Waals surface area contributed by atoms with Gasteiger partial charge in [-0.15, -0.1) is 0 Å². The van der Waals surface area contributed by atoms with Gasteiger partial charge in [-0.2, -0.15) is 0 Å². The number of rotatable bonds is 1. The first kappa shape index (κ1) is 20.4. The van der Waals surface area contributed by atoms with Gasteiger partial charge in [-0.1, -0.05) is 97.4 Å². The Bertz CT molecular complexity index is 1680. The van der Waals surface area contributed by atoms with Gasteiger partial charge in [0.05, 0.1) is 0 Å². The molecule has 2 aliphatic carbocycles. The molecule has 3 heteroatoms. The lowest BCUT2D eigenvalue weighted by molar-refractivity contribution is 0.417. The first-order valence-corrected chi connectivity index (χ1v) is 15.0. The van der Waals surface area contributed by atoms with Crippen LogP contribution in [0.15, 0.2) is 119 Å². The van der Waals surface area contributed by atoms with E-state index in [-0.39, 0.29) is 0 Å². The number of hydrogen-bond acceptors (Lipinski definition) is 2. The zero-order chi connectivity index (χ0) is 23.9. The molecule has 36 heavy (non-hydrogen) atoms. The molecule has 0 saturated carbocycles. The maximum atomic E-state index is 6.86. The van der Waals surface area contributed by atoms with Crippen molar-refractivity contribution in [3.05, 3.63) is 119 Å². The lowest BCUT2D eigenvalue weighted by Crippen LogP contribution is -2.72. The first-order chi connectivity index (χ1) is 17.7. The standard InChI is InChI=1S/C33H26O2Si/c1-21-14-17-26-23(20-21)16-19-30-32(26)35-28-13-7-12-27-33(28)36(30,24-9-3-2-4-10-24)29-18-15-22-8-5-6-11-25(22)31(29)34-27/h2-15,17-18,21H,16,19-20H2,1H3/t21?,36-/m0/s1. The van der Waals surface area contributed by atoms with Crippen LogP contribution in [0.5, 0.6) is 17.2 Å². The van der Waals surface area contributed by atoms with Gasteiger partial charge in [0.25, 0.3) is 0 Å². The monoisotopic (exact) mass is 482 g/mol. The summed E-state index contributed by atoms with van der Waals surface area (Å²) in [6.07, 6.45) is 7.96. The van der Waals surface area contributed by atoms with E-state index in [1.807, 2.05) is 0 Å². The fraction of sp³-hybridized carbons (Fsp3) is 0.152. The summed E-state index contributed by atoms with van der Waals surface area (Å²) in [5.41, 5.74) is 2.87. The van der Waals surface area contributed by atoms with Gasteiger partial charge in [-0.05, 0) is 58.3 Å². The van der Waals surface area contributed by atoms with E-state index in [9.17, 15) is 0 Å². The Morgan fingerprint density at radius 3 is 2.47 bits per heavy atom. The minimum absolute atomic E-state index is 0.587. The van der Waals surface area contributed by atoms with Crippen molar-refractivity contribution >= 4 is 34.4 Å². The summed E-state index contributed by atoms with van der Waals surface area (Å²) >= 11 is 0. The molecule has 4 aromatic rings. The Hall–Kier alpha value is -3.82. The molecule has 4 aliphatic rings. The summed E-state index contributed by atoms with van der Waals surface area (Å²) in [6, 6.07) is 30.8. The summed E-state index contributed by atoms with van der Waals surface area (Å²) in [5.74, 6) is 4.63. The number of fused-ring (bicyclic) bond motifs is 6. The molecular formula is C33H26O2Si. The summed E-state index contributed by atoms with van der Waals surface area (Å²) in [7, 11) is -2.64. The summed E-state index contributed by atoms with van der Waals surface area (Å²) in [4.78, 5) is 0. The van der Waals surface area contributed by atoms with E-state index in [1.165, 1.54) is 37.1 Å². The minimum Gasteiger partial charge on any atom is -0.457 e. The second-order valence-corrected chi connectivity index (χ2v) is 14.2. The largest absolute Gasteiger partial charge is 0.457 e. The van der Waals surface area contributed by atoms with Crippen LogP contribution in [0.25, 0.3) is 10.8 Å². The second-order valence-electron chi connectivity index (χ2n) is 10.5. The normalized spacial score (nSPS) is 23.3. The molecule has 0 saturated heterocycles. The van der Waals surface area contributed by atoms with Gasteiger partial charge in [0.1, 0.15) is 23.0 Å². The highest BCUT2D eigenvalue weighted by Gasteiger charge is 2.55. The molecule has 1 unspecified atom stereocenters. The SMILES string of the molecule is CC1C=CC2=C(CCC3=C2Oc2cccc4c2[Si@@]3(c2ccccc2)c2ccc3ccccc3c2O4)C1. The topological polar surface area (TPSA) is 18.5 Å². The molecule has 2 nitrogen and oxygen atoms in total. The molecule has 0 fully saturated rings. The highest BCUT2D eigenvalue weighted by Crippen LogP contribution is 2.48. The van der Waals surface area contributed by atoms with Crippen LogP contribution in [0, 0.1) is 5.92 Å². The lowest BCUT2D eigenvalue weighted by atomic mass is 9.84. The number of ether oxygens (including phenoxy) is 2. The molecule has 4 aromatic carbocycles. The van der Waals surface area contributed by atoms with E-state index < -0.39 is 8.07 Å². The van der Waals surface area contributed by atoms with Crippen LogP contribution in [-0.2, 0) is 0 Å². The van der Waals surface area contributed by atoms with Crippen LogP contribution in [0.3, 0.4) is 0 Å². The summed E-state index contributed by atoms with van der Waals surface area (Å²) < 4.78 is 13.7. The maximum absolute atomic E-state index is 6.86. The van der Waals surface area contributed by atoms with Crippen LogP contribution in [0.4, 0.5) is 0 Å². The molecule has 0 N–H and O–H groups in total. The van der Waals surface area contributed by atoms with E-state index in [0.717, 1.165) is 42.3 Å². The predicted octanol–water partition coefficient (Wildman–Crippen LogP) is 6.29. The van der Waals surface area contributed by atoms with Crippen molar-refractivity contribution in [2.45, 2.75) is 26.2 Å². The van der Waals surface area contributed by atoms with Crippen LogP contribution < -0.4 is 25.0 Å². The van der Waals surface area contributed by atoms with Crippen molar-refractivity contribution in [3.63, 3.8) is 0 Å². The van der Waals surface area contributed by atoms with Crippen LogP contribution in [0.1, 0.15) is 26.2 Å². The van der Waals surface area contributed by atoms with Gasteiger partial charge in [-0.25, -0.2) is 0 Å². The molecule has 8 rings (SSSR count). The maximum Gasteiger partial charge on any atom is 0.192 e. The zero-order valence-electron chi connectivity index (χ0n) is 20.3. The Kier molecular flexibility index (Phi) is 4.16. The molecule has 0 spiro atoms.